The summed E-state index contributed by atoms with van der Waals surface area (Å²) in [4.78, 5) is 5.57. The number of imidazole rings is 1. The molecule has 0 saturated carbocycles. The molecule has 0 fully saturated rings. The van der Waals surface area contributed by atoms with E-state index in [0.29, 0.717) is 0 Å². The molecule has 0 saturated heterocycles. The summed E-state index contributed by atoms with van der Waals surface area (Å²) in [5.41, 5.74) is 5.18. The number of hydrogen-bond donors (Lipinski definition) is 0. The van der Waals surface area contributed by atoms with Crippen LogP contribution in [-0.4, -0.2) is 14.3 Å². The third-order valence-corrected chi connectivity index (χ3v) is 6.81. The Morgan fingerprint density at radius 1 is 1.04 bits per heavy atom. The molecule has 0 aliphatic heterocycles. The Kier molecular flexibility index (Phi) is 6.05. The monoisotopic (exact) mass is 382 g/mol. The molecule has 0 aliphatic carbocycles. The molecule has 1 aromatic heterocycles. The highest BCUT2D eigenvalue weighted by atomic mass is 32.2. The van der Waals surface area contributed by atoms with Gasteiger partial charge in [-0.05, 0) is 74.9 Å². The minimum Gasteiger partial charge on any atom is -0.336 e. The summed E-state index contributed by atoms with van der Waals surface area (Å²) in [6.45, 7) is 9.77. The van der Waals surface area contributed by atoms with Crippen LogP contribution in [0.3, 0.4) is 0 Å². The van der Waals surface area contributed by atoms with Crippen molar-refractivity contribution < 1.29 is 4.39 Å². The van der Waals surface area contributed by atoms with E-state index in [-0.39, 0.29) is 10.6 Å². The fourth-order valence-electron chi connectivity index (χ4n) is 3.32. The molecular weight excluding hydrogens is 355 g/mol. The molecule has 0 N–H and O–H groups in total. The van der Waals surface area contributed by atoms with E-state index in [1.54, 1.807) is 12.1 Å². The molecule has 0 bridgehead atoms. The molecule has 1 heterocycles. The third kappa shape index (κ3) is 5.01. The summed E-state index contributed by atoms with van der Waals surface area (Å²) in [6, 6.07) is 11.3. The van der Waals surface area contributed by atoms with Gasteiger partial charge in [-0.1, -0.05) is 24.3 Å². The lowest BCUT2D eigenvalue weighted by Crippen LogP contribution is -2.27. The van der Waals surface area contributed by atoms with Crippen molar-refractivity contribution in [3.8, 4) is 0 Å². The van der Waals surface area contributed by atoms with Crippen LogP contribution >= 0.6 is 11.8 Å². The number of thioether (sulfide) groups is 1. The Morgan fingerprint density at radius 3 is 2.41 bits per heavy atom. The van der Waals surface area contributed by atoms with Crippen LogP contribution in [0.25, 0.3) is 0 Å². The van der Waals surface area contributed by atoms with Crippen molar-refractivity contribution >= 4 is 11.8 Å². The van der Waals surface area contributed by atoms with Gasteiger partial charge in [0.25, 0.3) is 0 Å². The highest BCUT2D eigenvalue weighted by Gasteiger charge is 2.28. The molecule has 1 unspecified atom stereocenters. The van der Waals surface area contributed by atoms with E-state index in [4.69, 9.17) is 0 Å². The maximum Gasteiger partial charge on any atom is 0.123 e. The number of benzene rings is 2. The molecule has 0 amide bonds. The quantitative estimate of drug-likeness (QED) is 0.457. The molecule has 2 nitrogen and oxygen atoms in total. The maximum atomic E-state index is 13.2. The second-order valence-corrected chi connectivity index (χ2v) is 9.16. The minimum absolute atomic E-state index is 0.00159. The van der Waals surface area contributed by atoms with E-state index in [0.717, 1.165) is 19.4 Å². The average molecular weight is 383 g/mol. The van der Waals surface area contributed by atoms with Gasteiger partial charge < -0.3 is 4.57 Å². The first-order valence-corrected chi connectivity index (χ1v) is 10.1. The molecule has 0 aliphatic rings. The molecule has 4 heteroatoms. The van der Waals surface area contributed by atoms with Crippen LogP contribution < -0.4 is 0 Å². The summed E-state index contributed by atoms with van der Waals surface area (Å²) in [5, 5.41) is 0. The maximum absolute atomic E-state index is 13.2. The summed E-state index contributed by atoms with van der Waals surface area (Å²) in [5.74, 6) is -0.180. The van der Waals surface area contributed by atoms with Gasteiger partial charge >= 0.3 is 0 Å². The van der Waals surface area contributed by atoms with Gasteiger partial charge in [0, 0.05) is 28.6 Å². The first kappa shape index (κ1) is 19.7. The first-order valence-electron chi connectivity index (χ1n) is 9.32. The zero-order valence-corrected chi connectivity index (χ0v) is 17.3. The van der Waals surface area contributed by atoms with Crippen molar-refractivity contribution in [3.63, 3.8) is 0 Å². The van der Waals surface area contributed by atoms with Crippen LogP contribution in [0, 0.1) is 26.6 Å². The lowest BCUT2D eigenvalue weighted by Gasteiger charge is -2.31. The van der Waals surface area contributed by atoms with E-state index in [1.165, 1.54) is 27.1 Å². The first-order chi connectivity index (χ1) is 12.9. The zero-order valence-electron chi connectivity index (χ0n) is 16.5. The summed E-state index contributed by atoms with van der Waals surface area (Å²) in [7, 11) is 0. The Morgan fingerprint density at radius 2 is 1.74 bits per heavy atom. The fraction of sp³-hybridized carbons (Fsp3) is 0.348. The van der Waals surface area contributed by atoms with Crippen molar-refractivity contribution in [2.45, 2.75) is 56.7 Å². The van der Waals surface area contributed by atoms with Crippen LogP contribution in [0.4, 0.5) is 4.39 Å². The highest BCUT2D eigenvalue weighted by Crippen LogP contribution is 2.41. The summed E-state index contributed by atoms with van der Waals surface area (Å²) in [6.07, 6.45) is 7.64. The number of rotatable bonds is 7. The van der Waals surface area contributed by atoms with Crippen LogP contribution in [0.2, 0.25) is 0 Å². The van der Waals surface area contributed by atoms with Crippen molar-refractivity contribution in [2.24, 2.45) is 0 Å². The Balaban J connectivity index is 1.85. The Bertz CT molecular complexity index is 887. The topological polar surface area (TPSA) is 17.8 Å². The third-order valence-electron chi connectivity index (χ3n) is 5.15. The standard InChI is InChI=1S/C23H27FN2S/c1-17-5-6-18(2)22(19(17)3)27-23(4,15-26-14-13-25-16-26)12-11-20-7-9-21(24)10-8-20/h5-10,13-14,16H,11-12,15H2,1-4H3. The zero-order chi connectivity index (χ0) is 19.4. The van der Waals surface area contributed by atoms with E-state index in [1.807, 2.05) is 42.6 Å². The number of halogens is 1. The van der Waals surface area contributed by atoms with Gasteiger partial charge in [-0.25, -0.2) is 9.37 Å². The number of hydrogen-bond acceptors (Lipinski definition) is 2. The number of aromatic nitrogens is 2. The fourth-order valence-corrected chi connectivity index (χ4v) is 4.77. The predicted octanol–water partition coefficient (Wildman–Crippen LogP) is 6.13. The van der Waals surface area contributed by atoms with Gasteiger partial charge in [0.15, 0.2) is 0 Å². The normalized spacial score (nSPS) is 13.5. The predicted molar refractivity (Wildman–Crippen MR) is 112 cm³/mol. The molecule has 0 radical (unpaired) electrons. The SMILES string of the molecule is Cc1ccc(C)c(SC(C)(CCc2ccc(F)cc2)Cn2ccnc2)c1C. The molecule has 27 heavy (non-hydrogen) atoms. The lowest BCUT2D eigenvalue weighted by molar-refractivity contribution is 0.495. The molecular formula is C23H27FN2S. The van der Waals surface area contributed by atoms with Gasteiger partial charge in [0.1, 0.15) is 5.82 Å². The second-order valence-electron chi connectivity index (χ2n) is 7.57. The largest absolute Gasteiger partial charge is 0.336 e. The van der Waals surface area contributed by atoms with Crippen LogP contribution in [0.1, 0.15) is 35.6 Å². The second kappa shape index (κ2) is 8.30. The van der Waals surface area contributed by atoms with E-state index >= 15 is 0 Å². The lowest BCUT2D eigenvalue weighted by atomic mass is 10.00. The summed E-state index contributed by atoms with van der Waals surface area (Å²) < 4.78 is 15.4. The Hall–Kier alpha value is -2.07. The highest BCUT2D eigenvalue weighted by molar-refractivity contribution is 8.00. The molecule has 1 atom stereocenters. The van der Waals surface area contributed by atoms with Gasteiger partial charge in [-0.3, -0.25) is 0 Å². The molecule has 0 spiro atoms. The van der Waals surface area contributed by atoms with Crippen LogP contribution in [-0.2, 0) is 13.0 Å². The van der Waals surface area contributed by atoms with Crippen molar-refractivity contribution in [3.05, 3.63) is 83.2 Å². The average Bonchev–Trinajstić information content (AvgIpc) is 3.14. The van der Waals surface area contributed by atoms with Crippen molar-refractivity contribution in [1.29, 1.82) is 0 Å². The van der Waals surface area contributed by atoms with Crippen molar-refractivity contribution in [1.82, 2.24) is 9.55 Å². The van der Waals surface area contributed by atoms with Crippen LogP contribution in [0.15, 0.2) is 60.0 Å². The summed E-state index contributed by atoms with van der Waals surface area (Å²) >= 11 is 1.96. The van der Waals surface area contributed by atoms with Crippen LogP contribution in [0.5, 0.6) is 0 Å². The molecule has 142 valence electrons. The Labute approximate surface area is 165 Å². The molecule has 3 aromatic rings. The van der Waals surface area contributed by atoms with E-state index < -0.39 is 0 Å². The molecule has 2 aromatic carbocycles. The van der Waals surface area contributed by atoms with Crippen molar-refractivity contribution in [2.75, 3.05) is 0 Å². The van der Waals surface area contributed by atoms with Gasteiger partial charge in [-0.15, -0.1) is 11.8 Å². The van der Waals surface area contributed by atoms with E-state index in [2.05, 4.69) is 49.4 Å². The number of nitrogens with zero attached hydrogens (tertiary/aromatic N) is 2. The smallest absolute Gasteiger partial charge is 0.123 e. The van der Waals surface area contributed by atoms with Gasteiger partial charge in [0.05, 0.1) is 6.33 Å². The van der Waals surface area contributed by atoms with Gasteiger partial charge in [-0.2, -0.15) is 0 Å². The number of aryl methyl sites for hydroxylation is 3. The van der Waals surface area contributed by atoms with Gasteiger partial charge in [0.2, 0.25) is 0 Å². The molecule has 3 rings (SSSR count). The minimum atomic E-state index is -0.180. The van der Waals surface area contributed by atoms with E-state index in [9.17, 15) is 4.39 Å².